The second-order valence-corrected chi connectivity index (χ2v) is 5.62. The van der Waals surface area contributed by atoms with E-state index >= 15 is 0 Å². The summed E-state index contributed by atoms with van der Waals surface area (Å²) in [5.74, 6) is -0.702. The molecule has 1 heterocycles. The van der Waals surface area contributed by atoms with E-state index in [4.69, 9.17) is 0 Å². The average Bonchev–Trinajstić information content (AvgIpc) is 3.11. The third-order valence-corrected chi connectivity index (χ3v) is 3.53. The first-order valence-corrected chi connectivity index (χ1v) is 8.10. The zero-order valence-electron chi connectivity index (χ0n) is 14.0. The highest BCUT2D eigenvalue weighted by molar-refractivity contribution is 5.94. The normalized spacial score (nSPS) is 11.6. The Bertz CT molecular complexity index is 673. The molecule has 0 fully saturated rings. The van der Waals surface area contributed by atoms with Crippen molar-refractivity contribution in [2.75, 3.05) is 13.1 Å². The molecule has 2 rings (SSSR count). The molecule has 0 spiro atoms. The van der Waals surface area contributed by atoms with Gasteiger partial charge in [0.05, 0.1) is 0 Å². The van der Waals surface area contributed by atoms with Crippen LogP contribution < -0.4 is 16.0 Å². The first kappa shape index (κ1) is 18.4. The molecule has 25 heavy (non-hydrogen) atoms. The maximum atomic E-state index is 12.8. The van der Waals surface area contributed by atoms with Gasteiger partial charge in [0, 0.05) is 43.6 Å². The van der Waals surface area contributed by atoms with E-state index < -0.39 is 5.82 Å². The molecule has 0 bridgehead atoms. The monoisotopic (exact) mass is 347 g/mol. The number of rotatable bonds is 8. The summed E-state index contributed by atoms with van der Waals surface area (Å²) in [7, 11) is 0. The minimum atomic E-state index is -0.392. The molecule has 3 amide bonds. The largest absolute Gasteiger partial charge is 0.350 e. The second kappa shape index (κ2) is 9.41. The van der Waals surface area contributed by atoms with Gasteiger partial charge in [-0.25, -0.2) is 9.18 Å². The van der Waals surface area contributed by atoms with Crippen molar-refractivity contribution in [2.45, 2.75) is 25.9 Å². The molecule has 2 aromatic rings. The predicted molar refractivity (Wildman–Crippen MR) is 91.6 cm³/mol. The van der Waals surface area contributed by atoms with Crippen molar-refractivity contribution in [2.24, 2.45) is 0 Å². The summed E-state index contributed by atoms with van der Waals surface area (Å²) >= 11 is 0. The Balaban J connectivity index is 1.58. The van der Waals surface area contributed by atoms with Crippen LogP contribution >= 0.6 is 0 Å². The highest BCUT2D eigenvalue weighted by Crippen LogP contribution is 2.02. The Morgan fingerprint density at radius 1 is 1.20 bits per heavy atom. The minimum Gasteiger partial charge on any atom is -0.350 e. The lowest BCUT2D eigenvalue weighted by Crippen LogP contribution is -2.43. The smallest absolute Gasteiger partial charge is 0.315 e. The lowest BCUT2D eigenvalue weighted by atomic mass is 10.2. The van der Waals surface area contributed by atoms with E-state index in [9.17, 15) is 14.0 Å². The molecule has 1 aromatic carbocycles. The van der Waals surface area contributed by atoms with Gasteiger partial charge < -0.3 is 16.0 Å². The Morgan fingerprint density at radius 2 is 1.92 bits per heavy atom. The number of hydrogen-bond donors (Lipinski definition) is 3. The second-order valence-electron chi connectivity index (χ2n) is 5.62. The van der Waals surface area contributed by atoms with Crippen LogP contribution in [0, 0.1) is 5.82 Å². The Hall–Kier alpha value is -2.90. The summed E-state index contributed by atoms with van der Waals surface area (Å²) in [6, 6.07) is 6.83. The van der Waals surface area contributed by atoms with Crippen LogP contribution in [0.15, 0.2) is 42.7 Å². The fraction of sp³-hybridized carbons (Fsp3) is 0.353. The molecule has 1 aromatic heterocycles. The number of benzene rings is 1. The zero-order valence-corrected chi connectivity index (χ0v) is 14.0. The van der Waals surface area contributed by atoms with Gasteiger partial charge in [-0.2, -0.15) is 5.10 Å². The number of nitrogens with zero attached hydrogens (tertiary/aromatic N) is 2. The van der Waals surface area contributed by atoms with Gasteiger partial charge in [0.2, 0.25) is 0 Å². The molecule has 0 aliphatic rings. The lowest BCUT2D eigenvalue weighted by molar-refractivity contribution is 0.0953. The molecular formula is C17H22FN5O2. The molecule has 0 radical (unpaired) electrons. The number of carbonyl (C=O) groups excluding carboxylic acids is 2. The molecular weight excluding hydrogens is 325 g/mol. The number of halogens is 1. The van der Waals surface area contributed by atoms with Crippen molar-refractivity contribution in [3.8, 4) is 0 Å². The van der Waals surface area contributed by atoms with Crippen molar-refractivity contribution < 1.29 is 14.0 Å². The highest BCUT2D eigenvalue weighted by Gasteiger charge is 2.08. The molecule has 3 N–H and O–H groups in total. The van der Waals surface area contributed by atoms with Crippen molar-refractivity contribution in [3.05, 3.63) is 54.1 Å². The van der Waals surface area contributed by atoms with E-state index in [0.29, 0.717) is 12.1 Å². The fourth-order valence-corrected chi connectivity index (χ4v) is 2.16. The van der Waals surface area contributed by atoms with Crippen LogP contribution in [0.25, 0.3) is 0 Å². The summed E-state index contributed by atoms with van der Waals surface area (Å²) in [5, 5.41) is 12.3. The van der Waals surface area contributed by atoms with Crippen LogP contribution in [0.4, 0.5) is 9.18 Å². The first-order chi connectivity index (χ1) is 12.0. The highest BCUT2D eigenvalue weighted by atomic mass is 19.1. The van der Waals surface area contributed by atoms with E-state index in [1.807, 2.05) is 19.2 Å². The maximum Gasteiger partial charge on any atom is 0.315 e. The number of aryl methyl sites for hydroxylation is 1. The van der Waals surface area contributed by atoms with Crippen LogP contribution in [0.2, 0.25) is 0 Å². The molecule has 0 unspecified atom stereocenters. The maximum absolute atomic E-state index is 12.8. The average molecular weight is 347 g/mol. The third-order valence-electron chi connectivity index (χ3n) is 3.53. The summed E-state index contributed by atoms with van der Waals surface area (Å²) in [6.07, 6.45) is 4.35. The van der Waals surface area contributed by atoms with Crippen molar-refractivity contribution in [3.63, 3.8) is 0 Å². The van der Waals surface area contributed by atoms with Crippen LogP contribution in [0.1, 0.15) is 23.7 Å². The number of nitrogens with one attached hydrogen (secondary N) is 3. The fourth-order valence-electron chi connectivity index (χ4n) is 2.16. The van der Waals surface area contributed by atoms with Gasteiger partial charge >= 0.3 is 6.03 Å². The van der Waals surface area contributed by atoms with Crippen molar-refractivity contribution in [1.82, 2.24) is 25.7 Å². The minimum absolute atomic E-state index is 0.00185. The van der Waals surface area contributed by atoms with E-state index in [-0.39, 0.29) is 24.5 Å². The SMILES string of the molecule is C[C@H](CCn1cccn1)NC(=O)NCCNC(=O)c1ccc(F)cc1. The molecule has 1 atom stereocenters. The predicted octanol–water partition coefficient (Wildman–Crippen LogP) is 1.53. The number of hydrogen-bond acceptors (Lipinski definition) is 3. The Labute approximate surface area is 145 Å². The van der Waals surface area contributed by atoms with E-state index in [1.165, 1.54) is 24.3 Å². The van der Waals surface area contributed by atoms with Gasteiger partial charge in [0.15, 0.2) is 0 Å². The summed E-state index contributed by atoms with van der Waals surface area (Å²) in [6.45, 7) is 3.22. The zero-order chi connectivity index (χ0) is 18.1. The van der Waals surface area contributed by atoms with Gasteiger partial charge in [-0.15, -0.1) is 0 Å². The summed E-state index contributed by atoms with van der Waals surface area (Å²) in [4.78, 5) is 23.6. The first-order valence-electron chi connectivity index (χ1n) is 8.10. The molecule has 134 valence electrons. The number of carbonyl (C=O) groups is 2. The number of urea groups is 1. The summed E-state index contributed by atoms with van der Waals surface area (Å²) < 4.78 is 14.6. The van der Waals surface area contributed by atoms with Gasteiger partial charge in [0.1, 0.15) is 5.82 Å². The molecule has 0 saturated carbocycles. The van der Waals surface area contributed by atoms with Crippen LogP contribution in [-0.4, -0.2) is 40.9 Å². The van der Waals surface area contributed by atoms with Gasteiger partial charge in [0.25, 0.3) is 5.91 Å². The van der Waals surface area contributed by atoms with Gasteiger partial charge in [-0.1, -0.05) is 0 Å². The van der Waals surface area contributed by atoms with Gasteiger partial charge in [-0.05, 0) is 43.7 Å². The lowest BCUT2D eigenvalue weighted by Gasteiger charge is -2.15. The Morgan fingerprint density at radius 3 is 2.60 bits per heavy atom. The molecule has 8 heteroatoms. The van der Waals surface area contributed by atoms with Crippen molar-refractivity contribution in [1.29, 1.82) is 0 Å². The standard InChI is InChI=1S/C17H22FN5O2/c1-13(7-12-23-11-2-8-21-23)22-17(25)20-10-9-19-16(24)14-3-5-15(18)6-4-14/h2-6,8,11,13H,7,9-10,12H2,1H3,(H,19,24)(H2,20,22,25)/t13-/m1/s1. The number of amides is 3. The van der Waals surface area contributed by atoms with E-state index in [1.54, 1.807) is 10.9 Å². The molecule has 0 aliphatic carbocycles. The quantitative estimate of drug-likeness (QED) is 0.633. The van der Waals surface area contributed by atoms with Gasteiger partial charge in [-0.3, -0.25) is 9.48 Å². The summed E-state index contributed by atoms with van der Waals surface area (Å²) in [5.41, 5.74) is 0.373. The molecule has 7 nitrogen and oxygen atoms in total. The Kier molecular flexibility index (Phi) is 6.94. The van der Waals surface area contributed by atoms with E-state index in [2.05, 4.69) is 21.0 Å². The number of aromatic nitrogens is 2. The third kappa shape index (κ3) is 6.62. The van der Waals surface area contributed by atoms with Crippen LogP contribution in [0.3, 0.4) is 0 Å². The van der Waals surface area contributed by atoms with E-state index in [0.717, 1.165) is 13.0 Å². The van der Waals surface area contributed by atoms with Crippen molar-refractivity contribution >= 4 is 11.9 Å². The van der Waals surface area contributed by atoms with Crippen LogP contribution in [0.5, 0.6) is 0 Å². The van der Waals surface area contributed by atoms with Crippen LogP contribution in [-0.2, 0) is 6.54 Å². The molecule has 0 aliphatic heterocycles. The molecule has 0 saturated heterocycles. The topological polar surface area (TPSA) is 88.1 Å².